The van der Waals surface area contributed by atoms with Crippen LogP contribution in [0.4, 0.5) is 5.69 Å². The largest absolute Gasteiger partial charge is 0.322 e. The molecule has 3 rings (SSSR count). The Morgan fingerprint density at radius 1 is 1.10 bits per heavy atom. The Bertz CT molecular complexity index is 1090. The molecule has 0 aliphatic carbocycles. The molecule has 0 spiro atoms. The Hall–Kier alpha value is -2.97. The van der Waals surface area contributed by atoms with Crippen LogP contribution in [0.2, 0.25) is 0 Å². The predicted molar refractivity (Wildman–Crippen MR) is 113 cm³/mol. The number of nitrogens with zero attached hydrogens (tertiary/aromatic N) is 3. The number of sulfonamides is 1. The minimum atomic E-state index is -3.65. The fraction of sp³-hybridized carbons (Fsp3) is 0.238. The van der Waals surface area contributed by atoms with Crippen molar-refractivity contribution < 1.29 is 13.2 Å². The van der Waals surface area contributed by atoms with Gasteiger partial charge in [-0.15, -0.1) is 0 Å². The third kappa shape index (κ3) is 4.38. The number of hydrogen-bond acceptors (Lipinski definition) is 4. The molecule has 1 amide bonds. The number of anilines is 1. The Labute approximate surface area is 171 Å². The third-order valence-electron chi connectivity index (χ3n) is 4.70. The Balaban J connectivity index is 1.83. The number of hydrogen-bond donors (Lipinski definition) is 1. The number of imidazole rings is 1. The molecule has 1 aromatic heterocycles. The number of carbonyl (C=O) groups is 1. The van der Waals surface area contributed by atoms with Gasteiger partial charge < -0.3 is 9.88 Å². The fourth-order valence-corrected chi connectivity index (χ4v) is 4.76. The lowest BCUT2D eigenvalue weighted by Gasteiger charge is -2.20. The number of carbonyl (C=O) groups excluding carboxylic acids is 1. The molecular formula is C21H24N4O3S. The van der Waals surface area contributed by atoms with Crippen molar-refractivity contribution in [3.8, 4) is 5.69 Å². The minimum absolute atomic E-state index is 0.157. The normalized spacial score (nSPS) is 11.6. The number of amides is 1. The van der Waals surface area contributed by atoms with E-state index < -0.39 is 10.0 Å². The molecule has 1 N–H and O–H groups in total. The maximum Gasteiger partial charge on any atom is 0.255 e. The van der Waals surface area contributed by atoms with Gasteiger partial charge in [0.25, 0.3) is 5.91 Å². The predicted octanol–water partition coefficient (Wildman–Crippen LogP) is 3.46. The zero-order valence-corrected chi connectivity index (χ0v) is 17.5. The molecule has 1 heterocycles. The van der Waals surface area contributed by atoms with Gasteiger partial charge in [0.2, 0.25) is 10.0 Å². The summed E-state index contributed by atoms with van der Waals surface area (Å²) in [6.07, 6.45) is 5.21. The zero-order chi connectivity index (χ0) is 21.0. The van der Waals surface area contributed by atoms with Crippen LogP contribution in [-0.2, 0) is 10.0 Å². The second-order valence-electron chi connectivity index (χ2n) is 6.54. The Morgan fingerprint density at radius 3 is 2.38 bits per heavy atom. The maximum absolute atomic E-state index is 12.9. The van der Waals surface area contributed by atoms with Gasteiger partial charge in [-0.1, -0.05) is 19.9 Å². The van der Waals surface area contributed by atoms with E-state index in [-0.39, 0.29) is 10.8 Å². The highest BCUT2D eigenvalue weighted by Crippen LogP contribution is 2.22. The number of rotatable bonds is 7. The summed E-state index contributed by atoms with van der Waals surface area (Å²) in [5, 5.41) is 2.81. The van der Waals surface area contributed by atoms with Crippen LogP contribution in [0.15, 0.2) is 66.1 Å². The highest BCUT2D eigenvalue weighted by Gasteiger charge is 2.24. The van der Waals surface area contributed by atoms with Crippen LogP contribution in [-0.4, -0.2) is 41.3 Å². The van der Waals surface area contributed by atoms with E-state index in [1.165, 1.54) is 10.4 Å². The van der Waals surface area contributed by atoms with Gasteiger partial charge in [-0.25, -0.2) is 13.4 Å². The van der Waals surface area contributed by atoms with Crippen LogP contribution in [0.5, 0.6) is 0 Å². The summed E-state index contributed by atoms with van der Waals surface area (Å²) in [4.78, 5) is 16.9. The monoisotopic (exact) mass is 412 g/mol. The maximum atomic E-state index is 12.9. The van der Waals surface area contributed by atoms with Gasteiger partial charge in [-0.3, -0.25) is 4.79 Å². The molecule has 2 aromatic carbocycles. The van der Waals surface area contributed by atoms with E-state index >= 15 is 0 Å². The molecule has 7 nitrogen and oxygen atoms in total. The molecule has 29 heavy (non-hydrogen) atoms. The van der Waals surface area contributed by atoms with E-state index in [0.29, 0.717) is 29.9 Å². The van der Waals surface area contributed by atoms with Gasteiger partial charge in [0.05, 0.1) is 11.2 Å². The summed E-state index contributed by atoms with van der Waals surface area (Å²) >= 11 is 0. The second-order valence-corrected chi connectivity index (χ2v) is 8.45. The standard InChI is InChI=1S/C21H24N4O3S/c1-4-25(5-2)29(27,28)20-14-17(7-6-16(20)3)21(26)23-18-8-10-19(11-9-18)24-13-12-22-15-24/h6-15H,4-5H2,1-3H3,(H,23,26). The molecule has 3 aromatic rings. The van der Waals surface area contributed by atoms with Crippen molar-refractivity contribution in [2.45, 2.75) is 25.7 Å². The van der Waals surface area contributed by atoms with E-state index in [1.807, 2.05) is 22.9 Å². The molecule has 0 fully saturated rings. The zero-order valence-electron chi connectivity index (χ0n) is 16.7. The third-order valence-corrected chi connectivity index (χ3v) is 6.89. The van der Waals surface area contributed by atoms with Crippen molar-refractivity contribution >= 4 is 21.6 Å². The first kappa shape index (κ1) is 20.8. The molecule has 0 aliphatic rings. The summed E-state index contributed by atoms with van der Waals surface area (Å²) in [6.45, 7) is 6.06. The molecule has 0 radical (unpaired) electrons. The molecule has 0 unspecified atom stereocenters. The van der Waals surface area contributed by atoms with Crippen molar-refractivity contribution in [1.82, 2.24) is 13.9 Å². The van der Waals surface area contributed by atoms with Crippen LogP contribution in [0.25, 0.3) is 5.69 Å². The SMILES string of the molecule is CCN(CC)S(=O)(=O)c1cc(C(=O)Nc2ccc(-n3ccnc3)cc2)ccc1C. The number of benzene rings is 2. The molecule has 0 saturated heterocycles. The Morgan fingerprint density at radius 2 is 1.79 bits per heavy atom. The molecule has 0 atom stereocenters. The highest BCUT2D eigenvalue weighted by molar-refractivity contribution is 7.89. The Kier molecular flexibility index (Phi) is 6.14. The average molecular weight is 413 g/mol. The average Bonchev–Trinajstić information content (AvgIpc) is 3.24. The van der Waals surface area contributed by atoms with Gasteiger partial charge in [0, 0.05) is 42.4 Å². The fourth-order valence-electron chi connectivity index (χ4n) is 3.05. The van der Waals surface area contributed by atoms with Crippen LogP contribution in [0.3, 0.4) is 0 Å². The van der Waals surface area contributed by atoms with E-state index in [0.717, 1.165) is 5.69 Å². The number of aromatic nitrogens is 2. The van der Waals surface area contributed by atoms with Gasteiger partial charge in [-0.05, 0) is 48.9 Å². The van der Waals surface area contributed by atoms with Crippen molar-refractivity contribution in [3.63, 3.8) is 0 Å². The van der Waals surface area contributed by atoms with Crippen molar-refractivity contribution in [3.05, 3.63) is 72.3 Å². The molecule has 8 heteroatoms. The molecular weight excluding hydrogens is 388 g/mol. The van der Waals surface area contributed by atoms with E-state index in [9.17, 15) is 13.2 Å². The van der Waals surface area contributed by atoms with Crippen molar-refractivity contribution in [2.24, 2.45) is 0 Å². The summed E-state index contributed by atoms with van der Waals surface area (Å²) < 4.78 is 29.0. The summed E-state index contributed by atoms with van der Waals surface area (Å²) in [5.74, 6) is -0.364. The first-order chi connectivity index (χ1) is 13.9. The van der Waals surface area contributed by atoms with Crippen molar-refractivity contribution in [1.29, 1.82) is 0 Å². The summed E-state index contributed by atoms with van der Waals surface area (Å²) in [7, 11) is -3.65. The van der Waals surface area contributed by atoms with Gasteiger partial charge >= 0.3 is 0 Å². The molecule has 0 saturated carbocycles. The van der Waals surface area contributed by atoms with Crippen LogP contribution in [0, 0.1) is 6.92 Å². The lowest BCUT2D eigenvalue weighted by atomic mass is 10.1. The van der Waals surface area contributed by atoms with Crippen LogP contribution >= 0.6 is 0 Å². The highest BCUT2D eigenvalue weighted by atomic mass is 32.2. The lowest BCUT2D eigenvalue weighted by Crippen LogP contribution is -2.31. The number of aryl methyl sites for hydroxylation is 1. The smallest absolute Gasteiger partial charge is 0.255 e. The van der Waals surface area contributed by atoms with Gasteiger partial charge in [-0.2, -0.15) is 4.31 Å². The minimum Gasteiger partial charge on any atom is -0.322 e. The molecule has 0 aliphatic heterocycles. The van der Waals surface area contributed by atoms with E-state index in [4.69, 9.17) is 0 Å². The lowest BCUT2D eigenvalue weighted by molar-refractivity contribution is 0.102. The quantitative estimate of drug-likeness (QED) is 0.644. The van der Waals surface area contributed by atoms with Gasteiger partial charge in [0.15, 0.2) is 0 Å². The van der Waals surface area contributed by atoms with Crippen molar-refractivity contribution in [2.75, 3.05) is 18.4 Å². The number of nitrogens with one attached hydrogen (secondary N) is 1. The van der Waals surface area contributed by atoms with Crippen LogP contribution in [0.1, 0.15) is 29.8 Å². The molecule has 0 bridgehead atoms. The first-order valence-corrected chi connectivity index (χ1v) is 10.8. The second kappa shape index (κ2) is 8.59. The summed E-state index contributed by atoms with van der Waals surface area (Å²) in [6, 6.07) is 12.0. The van der Waals surface area contributed by atoms with Gasteiger partial charge in [0.1, 0.15) is 0 Å². The van der Waals surface area contributed by atoms with E-state index in [1.54, 1.807) is 57.6 Å². The molecule has 152 valence electrons. The van der Waals surface area contributed by atoms with Crippen LogP contribution < -0.4 is 5.32 Å². The summed E-state index contributed by atoms with van der Waals surface area (Å²) in [5.41, 5.74) is 2.44. The van der Waals surface area contributed by atoms with E-state index in [2.05, 4.69) is 10.3 Å². The topological polar surface area (TPSA) is 84.3 Å². The first-order valence-electron chi connectivity index (χ1n) is 9.37.